The lowest BCUT2D eigenvalue weighted by Gasteiger charge is -2.07. The second-order valence-corrected chi connectivity index (χ2v) is 4.35. The smallest absolute Gasteiger partial charge is 0.267 e. The number of hydrogen-bond acceptors (Lipinski definition) is 4. The molecule has 0 aliphatic heterocycles. The largest absolute Gasteiger partial charge is 0.479 e. The van der Waals surface area contributed by atoms with Gasteiger partial charge in [-0.3, -0.25) is 4.79 Å². The summed E-state index contributed by atoms with van der Waals surface area (Å²) in [5, 5.41) is 9.36. The van der Waals surface area contributed by atoms with Gasteiger partial charge in [-0.15, -0.1) is 0 Å². The minimum atomic E-state index is -1.03. The van der Waals surface area contributed by atoms with Crippen molar-refractivity contribution in [3.05, 3.63) is 23.5 Å². The van der Waals surface area contributed by atoms with Crippen molar-refractivity contribution in [3.8, 4) is 17.6 Å². The van der Waals surface area contributed by atoms with Gasteiger partial charge in [0.05, 0.1) is 6.20 Å². The molecule has 0 unspecified atom stereocenters. The van der Waals surface area contributed by atoms with Crippen LogP contribution in [0.1, 0.15) is 29.9 Å². The van der Waals surface area contributed by atoms with Crippen LogP contribution in [-0.2, 0) is 0 Å². The van der Waals surface area contributed by atoms with E-state index in [-0.39, 0.29) is 12.3 Å². The van der Waals surface area contributed by atoms with E-state index in [1.165, 1.54) is 6.20 Å². The number of aryl methyl sites for hydroxylation is 1. The Morgan fingerprint density at radius 2 is 2.28 bits per heavy atom. The second-order valence-electron chi connectivity index (χ2n) is 4.35. The molecule has 1 aromatic heterocycles. The monoisotopic (exact) mass is 248 g/mol. The second kappa shape index (κ2) is 5.52. The number of aromatic nitrogens is 1. The van der Waals surface area contributed by atoms with E-state index in [0.29, 0.717) is 11.3 Å². The van der Waals surface area contributed by atoms with Crippen molar-refractivity contribution >= 4 is 5.91 Å². The molecule has 0 spiro atoms. The van der Waals surface area contributed by atoms with Gasteiger partial charge in [-0.25, -0.2) is 4.98 Å². The number of nitrogens with zero attached hydrogens (tertiary/aromatic N) is 1. The van der Waals surface area contributed by atoms with Gasteiger partial charge in [-0.05, 0) is 32.4 Å². The summed E-state index contributed by atoms with van der Waals surface area (Å²) in [6.45, 7) is 5.05. The molecule has 18 heavy (non-hydrogen) atoms. The molecule has 0 aliphatic rings. The zero-order valence-corrected chi connectivity index (χ0v) is 10.7. The van der Waals surface area contributed by atoms with Crippen LogP contribution in [0.5, 0.6) is 5.75 Å². The summed E-state index contributed by atoms with van der Waals surface area (Å²) in [4.78, 5) is 14.9. The number of hydrogen-bond donors (Lipinski definition) is 2. The first-order chi connectivity index (χ1) is 8.29. The van der Waals surface area contributed by atoms with E-state index in [1.807, 2.05) is 0 Å². The maximum absolute atomic E-state index is 11.0. The number of pyridine rings is 1. The Morgan fingerprint density at radius 3 is 2.78 bits per heavy atom. The molecular weight excluding hydrogens is 232 g/mol. The van der Waals surface area contributed by atoms with Crippen molar-refractivity contribution in [1.82, 2.24) is 4.98 Å². The number of nitrogens with two attached hydrogens (primary N) is 1. The predicted octanol–water partition coefficient (Wildman–Crippen LogP) is 0.642. The number of ether oxygens (including phenoxy) is 1. The summed E-state index contributed by atoms with van der Waals surface area (Å²) >= 11 is 0. The van der Waals surface area contributed by atoms with Gasteiger partial charge in [0.2, 0.25) is 0 Å². The van der Waals surface area contributed by atoms with Crippen molar-refractivity contribution in [2.75, 3.05) is 6.61 Å². The van der Waals surface area contributed by atoms with E-state index in [1.54, 1.807) is 26.8 Å². The first kappa shape index (κ1) is 14.0. The fourth-order valence-corrected chi connectivity index (χ4v) is 1.26. The highest BCUT2D eigenvalue weighted by molar-refractivity contribution is 5.92. The molecule has 0 aliphatic carbocycles. The number of carbonyl (C=O) groups is 1. The van der Waals surface area contributed by atoms with Gasteiger partial charge in [-0.2, -0.15) is 0 Å². The maximum Gasteiger partial charge on any atom is 0.267 e. The number of carbonyl (C=O) groups excluding carboxylic acids is 1. The lowest BCUT2D eigenvalue weighted by Crippen LogP contribution is -2.15. The fourth-order valence-electron chi connectivity index (χ4n) is 1.26. The molecule has 0 atom stereocenters. The van der Waals surface area contributed by atoms with E-state index in [4.69, 9.17) is 10.5 Å². The van der Waals surface area contributed by atoms with Gasteiger partial charge in [0.25, 0.3) is 5.91 Å². The molecule has 0 aromatic carbocycles. The van der Waals surface area contributed by atoms with Crippen LogP contribution in [0.25, 0.3) is 0 Å². The zero-order valence-electron chi connectivity index (χ0n) is 10.7. The van der Waals surface area contributed by atoms with Gasteiger partial charge < -0.3 is 15.6 Å². The Morgan fingerprint density at radius 1 is 1.61 bits per heavy atom. The van der Waals surface area contributed by atoms with E-state index in [2.05, 4.69) is 16.8 Å². The van der Waals surface area contributed by atoms with E-state index >= 15 is 0 Å². The third-order valence-electron chi connectivity index (χ3n) is 1.99. The van der Waals surface area contributed by atoms with Gasteiger partial charge >= 0.3 is 0 Å². The molecule has 5 nitrogen and oxygen atoms in total. The molecule has 3 N–H and O–H groups in total. The molecule has 0 radical (unpaired) electrons. The number of primary amides is 1. The number of amides is 1. The highest BCUT2D eigenvalue weighted by atomic mass is 16.5. The molecule has 0 saturated carbocycles. The Labute approximate surface area is 106 Å². The third kappa shape index (κ3) is 4.44. The fraction of sp³-hybridized carbons (Fsp3) is 0.385. The zero-order chi connectivity index (χ0) is 13.8. The summed E-state index contributed by atoms with van der Waals surface area (Å²) in [6, 6.07) is 1.67. The van der Waals surface area contributed by atoms with Crippen molar-refractivity contribution in [1.29, 1.82) is 0 Å². The van der Waals surface area contributed by atoms with Crippen molar-refractivity contribution in [2.45, 2.75) is 26.4 Å². The average Bonchev–Trinajstić information content (AvgIpc) is 2.22. The minimum absolute atomic E-state index is 0.140. The van der Waals surface area contributed by atoms with Crippen LogP contribution >= 0.6 is 0 Å². The minimum Gasteiger partial charge on any atom is -0.479 e. The quantitative estimate of drug-likeness (QED) is 0.769. The van der Waals surface area contributed by atoms with Crippen LogP contribution in [0.2, 0.25) is 0 Å². The highest BCUT2D eigenvalue weighted by Gasteiger charge is 2.08. The summed E-state index contributed by atoms with van der Waals surface area (Å²) in [7, 11) is 0. The average molecular weight is 248 g/mol. The van der Waals surface area contributed by atoms with Crippen LogP contribution in [0.4, 0.5) is 0 Å². The van der Waals surface area contributed by atoms with Gasteiger partial charge in [-0.1, -0.05) is 11.8 Å². The van der Waals surface area contributed by atoms with Gasteiger partial charge in [0.15, 0.2) is 0 Å². The van der Waals surface area contributed by atoms with Crippen molar-refractivity contribution in [2.24, 2.45) is 5.73 Å². The van der Waals surface area contributed by atoms with Crippen molar-refractivity contribution in [3.63, 3.8) is 0 Å². The Balaban J connectivity index is 2.67. The topological polar surface area (TPSA) is 85.4 Å². The third-order valence-corrected chi connectivity index (χ3v) is 1.99. The van der Waals surface area contributed by atoms with Gasteiger partial charge in [0, 0.05) is 0 Å². The number of aliphatic hydroxyl groups is 1. The van der Waals surface area contributed by atoms with Crippen molar-refractivity contribution < 1.29 is 14.6 Å². The Hall–Kier alpha value is -2.06. The predicted molar refractivity (Wildman–Crippen MR) is 67.1 cm³/mol. The van der Waals surface area contributed by atoms with E-state index in [9.17, 15) is 9.90 Å². The Bertz CT molecular complexity index is 507. The molecule has 1 rings (SSSR count). The van der Waals surface area contributed by atoms with Crippen LogP contribution < -0.4 is 10.5 Å². The normalized spacial score (nSPS) is 10.4. The molecular formula is C13H16N2O3. The van der Waals surface area contributed by atoms with E-state index in [0.717, 1.165) is 0 Å². The Kier molecular flexibility index (Phi) is 4.29. The van der Waals surface area contributed by atoms with Crippen LogP contribution in [0, 0.1) is 18.8 Å². The molecule has 96 valence electrons. The molecule has 5 heteroatoms. The van der Waals surface area contributed by atoms with Crippen LogP contribution in [-0.4, -0.2) is 28.2 Å². The van der Waals surface area contributed by atoms with Gasteiger partial charge in [0.1, 0.15) is 23.7 Å². The summed E-state index contributed by atoms with van der Waals surface area (Å²) in [6.07, 6.45) is 1.42. The molecule has 1 heterocycles. The van der Waals surface area contributed by atoms with Crippen LogP contribution in [0.3, 0.4) is 0 Å². The summed E-state index contributed by atoms with van der Waals surface area (Å²) < 4.78 is 5.32. The van der Waals surface area contributed by atoms with E-state index < -0.39 is 11.5 Å². The summed E-state index contributed by atoms with van der Waals surface area (Å²) in [5.74, 6) is 5.25. The summed E-state index contributed by atoms with van der Waals surface area (Å²) in [5.41, 5.74) is 4.98. The number of rotatable bonds is 3. The lowest BCUT2D eigenvalue weighted by molar-refractivity contribution is 0.0994. The molecule has 0 fully saturated rings. The first-order valence-corrected chi connectivity index (χ1v) is 5.41. The lowest BCUT2D eigenvalue weighted by atomic mass is 10.1. The molecule has 1 amide bonds. The first-order valence-electron chi connectivity index (χ1n) is 5.41. The highest BCUT2D eigenvalue weighted by Crippen LogP contribution is 2.13. The maximum atomic E-state index is 11.0. The molecule has 0 saturated heterocycles. The standard InChI is InChI=1S/C13H16N2O3/c1-9-7-10(8-15-11(9)12(14)16)18-6-4-5-13(2,3)17/h7-8,17H,6H2,1-3H3,(H2,14,16). The molecule has 1 aromatic rings. The molecule has 0 bridgehead atoms. The SMILES string of the molecule is Cc1cc(OCC#CC(C)(C)O)cnc1C(N)=O. The van der Waals surface area contributed by atoms with Crippen LogP contribution in [0.15, 0.2) is 12.3 Å².